The van der Waals surface area contributed by atoms with Gasteiger partial charge in [0.1, 0.15) is 0 Å². The van der Waals surface area contributed by atoms with Gasteiger partial charge in [-0.05, 0) is 49.7 Å². The Hall–Kier alpha value is -2.09. The molecule has 3 rings (SSSR count). The highest BCUT2D eigenvalue weighted by atomic mass is 16.5. The van der Waals surface area contributed by atoms with Gasteiger partial charge < -0.3 is 4.74 Å². The van der Waals surface area contributed by atoms with Gasteiger partial charge in [0.15, 0.2) is 0 Å². The number of aryl methyl sites for hydroxylation is 2. The number of carbonyl (C=O) groups excluding carboxylic acids is 1. The van der Waals surface area contributed by atoms with Crippen molar-refractivity contribution in [2.24, 2.45) is 5.41 Å². The molecule has 120 valence electrons. The van der Waals surface area contributed by atoms with E-state index in [1.54, 1.807) is 0 Å². The molecule has 0 bridgehead atoms. The molecule has 1 aliphatic heterocycles. The van der Waals surface area contributed by atoms with Gasteiger partial charge in [-0.2, -0.15) is 0 Å². The van der Waals surface area contributed by atoms with Crippen molar-refractivity contribution in [1.29, 1.82) is 0 Å². The standard InChI is InChI=1S/C21H24O2/c22-20-21(14-7-17-23-20,15-12-18-8-3-1-4-9-18)16-13-19-10-5-2-6-11-19/h1-6,8-11H,7,12-17H2. The lowest BCUT2D eigenvalue weighted by Gasteiger charge is -2.35. The van der Waals surface area contributed by atoms with Crippen molar-refractivity contribution in [3.8, 4) is 0 Å². The van der Waals surface area contributed by atoms with E-state index in [4.69, 9.17) is 4.74 Å². The van der Waals surface area contributed by atoms with Gasteiger partial charge in [0.2, 0.25) is 0 Å². The van der Waals surface area contributed by atoms with Crippen LogP contribution in [-0.2, 0) is 22.4 Å². The highest BCUT2D eigenvalue weighted by Gasteiger charge is 2.41. The van der Waals surface area contributed by atoms with Crippen LogP contribution in [0, 0.1) is 5.41 Å². The average molecular weight is 308 g/mol. The topological polar surface area (TPSA) is 26.3 Å². The van der Waals surface area contributed by atoms with Crippen LogP contribution in [0.3, 0.4) is 0 Å². The molecule has 0 atom stereocenters. The summed E-state index contributed by atoms with van der Waals surface area (Å²) in [5.41, 5.74) is 2.28. The average Bonchev–Trinajstić information content (AvgIpc) is 2.62. The van der Waals surface area contributed by atoms with Gasteiger partial charge in [0.25, 0.3) is 0 Å². The molecule has 2 aromatic rings. The van der Waals surface area contributed by atoms with Crippen LogP contribution in [0.5, 0.6) is 0 Å². The third kappa shape index (κ3) is 4.01. The minimum absolute atomic E-state index is 0.00983. The molecule has 0 aliphatic carbocycles. The van der Waals surface area contributed by atoms with E-state index in [2.05, 4.69) is 48.5 Å². The lowest BCUT2D eigenvalue weighted by Crippen LogP contribution is -2.38. The fraction of sp³-hybridized carbons (Fsp3) is 0.381. The van der Waals surface area contributed by atoms with Crippen molar-refractivity contribution in [1.82, 2.24) is 0 Å². The molecule has 1 saturated heterocycles. The minimum atomic E-state index is -0.316. The molecular formula is C21H24O2. The lowest BCUT2D eigenvalue weighted by atomic mass is 9.73. The molecule has 1 heterocycles. The molecule has 1 fully saturated rings. The second-order valence-electron chi connectivity index (χ2n) is 6.49. The highest BCUT2D eigenvalue weighted by Crippen LogP contribution is 2.39. The van der Waals surface area contributed by atoms with E-state index in [9.17, 15) is 4.79 Å². The molecular weight excluding hydrogens is 284 g/mol. The smallest absolute Gasteiger partial charge is 0.312 e. The number of hydrogen-bond donors (Lipinski definition) is 0. The number of ether oxygens (including phenoxy) is 1. The van der Waals surface area contributed by atoms with Crippen LogP contribution in [-0.4, -0.2) is 12.6 Å². The molecule has 2 nitrogen and oxygen atoms in total. The molecule has 0 N–H and O–H groups in total. The molecule has 0 aromatic heterocycles. The Morgan fingerprint density at radius 3 is 1.83 bits per heavy atom. The van der Waals surface area contributed by atoms with Crippen molar-refractivity contribution < 1.29 is 9.53 Å². The number of benzene rings is 2. The summed E-state index contributed by atoms with van der Waals surface area (Å²) < 4.78 is 5.43. The van der Waals surface area contributed by atoms with Crippen LogP contribution in [0.2, 0.25) is 0 Å². The van der Waals surface area contributed by atoms with Crippen LogP contribution in [0.25, 0.3) is 0 Å². The number of esters is 1. The summed E-state index contributed by atoms with van der Waals surface area (Å²) in [5, 5.41) is 0. The Morgan fingerprint density at radius 1 is 0.826 bits per heavy atom. The van der Waals surface area contributed by atoms with Gasteiger partial charge in [0, 0.05) is 0 Å². The number of rotatable bonds is 6. The molecule has 2 aromatic carbocycles. The predicted molar refractivity (Wildman–Crippen MR) is 92.2 cm³/mol. The summed E-state index contributed by atoms with van der Waals surface area (Å²) in [6.45, 7) is 0.581. The van der Waals surface area contributed by atoms with Crippen LogP contribution >= 0.6 is 0 Å². The van der Waals surface area contributed by atoms with Crippen molar-refractivity contribution in [2.75, 3.05) is 6.61 Å². The zero-order chi connectivity index (χ0) is 16.0. The van der Waals surface area contributed by atoms with Crippen molar-refractivity contribution in [3.05, 3.63) is 71.8 Å². The fourth-order valence-corrected chi connectivity index (χ4v) is 3.47. The first kappa shape index (κ1) is 15.8. The largest absolute Gasteiger partial charge is 0.465 e. The van der Waals surface area contributed by atoms with Crippen molar-refractivity contribution >= 4 is 5.97 Å². The Labute approximate surface area is 138 Å². The van der Waals surface area contributed by atoms with Gasteiger partial charge in [-0.25, -0.2) is 0 Å². The van der Waals surface area contributed by atoms with E-state index in [-0.39, 0.29) is 11.4 Å². The van der Waals surface area contributed by atoms with Gasteiger partial charge in [-0.15, -0.1) is 0 Å². The van der Waals surface area contributed by atoms with E-state index in [1.807, 2.05) is 12.1 Å². The molecule has 0 radical (unpaired) electrons. The molecule has 23 heavy (non-hydrogen) atoms. The summed E-state index contributed by atoms with van der Waals surface area (Å²) in [7, 11) is 0. The zero-order valence-electron chi connectivity index (χ0n) is 13.5. The van der Waals surface area contributed by atoms with E-state index >= 15 is 0 Å². The quantitative estimate of drug-likeness (QED) is 0.730. The summed E-state index contributed by atoms with van der Waals surface area (Å²) in [4.78, 5) is 12.5. The minimum Gasteiger partial charge on any atom is -0.465 e. The zero-order valence-corrected chi connectivity index (χ0v) is 13.5. The van der Waals surface area contributed by atoms with Crippen LogP contribution in [0.1, 0.15) is 36.8 Å². The van der Waals surface area contributed by atoms with Gasteiger partial charge in [0.05, 0.1) is 12.0 Å². The van der Waals surface area contributed by atoms with Crippen molar-refractivity contribution in [2.45, 2.75) is 38.5 Å². The third-order valence-electron chi connectivity index (χ3n) is 4.94. The van der Waals surface area contributed by atoms with Gasteiger partial charge >= 0.3 is 5.97 Å². The Kier molecular flexibility index (Phi) is 5.12. The Balaban J connectivity index is 1.70. The molecule has 1 aliphatic rings. The SMILES string of the molecule is O=C1OCCCC1(CCc1ccccc1)CCc1ccccc1. The second kappa shape index (κ2) is 7.45. The maximum Gasteiger partial charge on any atom is 0.312 e. The number of cyclic esters (lactones) is 1. The summed E-state index contributed by atoms with van der Waals surface area (Å²) >= 11 is 0. The summed E-state index contributed by atoms with van der Waals surface area (Å²) in [6, 6.07) is 20.9. The maximum atomic E-state index is 12.5. The summed E-state index contributed by atoms with van der Waals surface area (Å²) in [6.07, 6.45) is 5.56. The molecule has 0 spiro atoms. The first-order valence-electron chi connectivity index (χ1n) is 8.54. The monoisotopic (exact) mass is 308 g/mol. The van der Waals surface area contributed by atoms with E-state index in [0.717, 1.165) is 38.5 Å². The number of carbonyl (C=O) groups is 1. The van der Waals surface area contributed by atoms with Crippen molar-refractivity contribution in [3.63, 3.8) is 0 Å². The van der Waals surface area contributed by atoms with Gasteiger partial charge in [-0.3, -0.25) is 4.79 Å². The third-order valence-corrected chi connectivity index (χ3v) is 4.94. The highest BCUT2D eigenvalue weighted by molar-refractivity contribution is 5.77. The van der Waals surface area contributed by atoms with Crippen LogP contribution in [0.4, 0.5) is 0 Å². The first-order valence-corrected chi connectivity index (χ1v) is 8.54. The fourth-order valence-electron chi connectivity index (χ4n) is 3.47. The first-order chi connectivity index (χ1) is 11.3. The molecule has 2 heteroatoms. The normalized spacial score (nSPS) is 16.8. The second-order valence-corrected chi connectivity index (χ2v) is 6.49. The summed E-state index contributed by atoms with van der Waals surface area (Å²) in [5.74, 6) is 0.00983. The Morgan fingerprint density at radius 2 is 1.35 bits per heavy atom. The number of hydrogen-bond acceptors (Lipinski definition) is 2. The van der Waals surface area contributed by atoms with E-state index in [1.165, 1.54) is 11.1 Å². The maximum absolute atomic E-state index is 12.5. The lowest BCUT2D eigenvalue weighted by molar-refractivity contribution is -0.163. The predicted octanol–water partition coefficient (Wildman–Crippen LogP) is 4.58. The van der Waals surface area contributed by atoms with Crippen LogP contribution in [0.15, 0.2) is 60.7 Å². The molecule has 0 saturated carbocycles. The van der Waals surface area contributed by atoms with E-state index < -0.39 is 0 Å². The molecule has 0 amide bonds. The van der Waals surface area contributed by atoms with Crippen LogP contribution < -0.4 is 0 Å². The van der Waals surface area contributed by atoms with E-state index in [0.29, 0.717) is 6.61 Å². The van der Waals surface area contributed by atoms with Gasteiger partial charge in [-0.1, -0.05) is 60.7 Å². The molecule has 0 unspecified atom stereocenters. The Bertz CT molecular complexity index is 575.